The van der Waals surface area contributed by atoms with Gasteiger partial charge in [-0.3, -0.25) is 4.98 Å². The number of aromatic nitrogens is 1. The van der Waals surface area contributed by atoms with Crippen LogP contribution in [-0.2, 0) is 5.41 Å². The summed E-state index contributed by atoms with van der Waals surface area (Å²) < 4.78 is 0. The highest BCUT2D eigenvalue weighted by Crippen LogP contribution is 2.30. The van der Waals surface area contributed by atoms with Gasteiger partial charge in [-0.25, -0.2) is 0 Å². The van der Waals surface area contributed by atoms with Crippen LogP contribution in [0, 0.1) is 0 Å². The van der Waals surface area contributed by atoms with Crippen molar-refractivity contribution in [1.82, 2.24) is 4.98 Å². The zero-order valence-corrected chi connectivity index (χ0v) is 9.97. The quantitative estimate of drug-likeness (QED) is 0.648. The summed E-state index contributed by atoms with van der Waals surface area (Å²) in [6.07, 6.45) is 1.77. The Morgan fingerprint density at radius 3 is 2.60 bits per heavy atom. The van der Waals surface area contributed by atoms with Gasteiger partial charge in [0.1, 0.15) is 0 Å². The number of hydrogen-bond donors (Lipinski definition) is 0. The summed E-state index contributed by atoms with van der Waals surface area (Å²) in [5, 5.41) is 1.84. The molecule has 1 nitrogen and oxygen atoms in total. The minimum absolute atomic E-state index is 0.119. The van der Waals surface area contributed by atoms with E-state index in [2.05, 4.69) is 31.8 Å². The third-order valence-corrected chi connectivity index (χ3v) is 2.81. The molecule has 0 atom stereocenters. The fraction of sp³-hybridized carbons (Fsp3) is 0.308. The molecule has 0 unspecified atom stereocenters. The predicted octanol–water partition coefficient (Wildman–Crippen LogP) is 4.19. The van der Waals surface area contributed by atoms with Gasteiger partial charge in [-0.15, -0.1) is 0 Å². The first-order valence-corrected chi connectivity index (χ1v) is 5.41. The van der Waals surface area contributed by atoms with Crippen molar-refractivity contribution in [2.24, 2.45) is 0 Å². The van der Waals surface area contributed by atoms with Gasteiger partial charge in [0.2, 0.25) is 0 Å². The number of halogens is 1. The molecule has 0 saturated carbocycles. The molecule has 0 fully saturated rings. The fourth-order valence-corrected chi connectivity index (χ4v) is 1.86. The highest BCUT2D eigenvalue weighted by Gasteiger charge is 2.15. The number of fused-ring (bicyclic) bond motifs is 1. The lowest BCUT2D eigenvalue weighted by Crippen LogP contribution is -2.10. The van der Waals surface area contributed by atoms with Crippen LogP contribution >= 0.6 is 11.6 Å². The van der Waals surface area contributed by atoms with Crippen LogP contribution in [-0.4, -0.2) is 4.98 Å². The molecule has 0 bridgehead atoms. The van der Waals surface area contributed by atoms with E-state index in [1.807, 2.05) is 18.2 Å². The second-order valence-corrected chi connectivity index (χ2v) is 5.19. The summed E-state index contributed by atoms with van der Waals surface area (Å²) in [5.41, 5.74) is 2.24. The zero-order chi connectivity index (χ0) is 11.1. The van der Waals surface area contributed by atoms with Gasteiger partial charge in [0, 0.05) is 11.6 Å². The third-order valence-electron chi connectivity index (χ3n) is 2.52. The van der Waals surface area contributed by atoms with Crippen molar-refractivity contribution in [3.8, 4) is 0 Å². The van der Waals surface area contributed by atoms with Crippen LogP contribution in [0.25, 0.3) is 10.9 Å². The SMILES string of the molecule is CC(C)(C)c1cc(Cl)c2ncccc2c1. The standard InChI is InChI=1S/C13H14ClN/c1-13(2,3)10-7-9-5-4-6-15-12(9)11(14)8-10/h4-8H,1-3H3. The molecule has 0 N–H and O–H groups in total. The second-order valence-electron chi connectivity index (χ2n) is 4.78. The average Bonchev–Trinajstić information content (AvgIpc) is 2.16. The van der Waals surface area contributed by atoms with Crippen LogP contribution < -0.4 is 0 Å². The molecule has 2 rings (SSSR count). The first-order chi connectivity index (χ1) is 6.98. The Morgan fingerprint density at radius 2 is 1.93 bits per heavy atom. The maximum atomic E-state index is 6.21. The monoisotopic (exact) mass is 219 g/mol. The Hall–Kier alpha value is -1.08. The minimum atomic E-state index is 0.119. The third kappa shape index (κ3) is 1.98. The van der Waals surface area contributed by atoms with E-state index in [0.717, 1.165) is 15.9 Å². The number of benzene rings is 1. The second kappa shape index (κ2) is 3.49. The van der Waals surface area contributed by atoms with Crippen molar-refractivity contribution in [2.45, 2.75) is 26.2 Å². The predicted molar refractivity (Wildman–Crippen MR) is 65.5 cm³/mol. The van der Waals surface area contributed by atoms with Crippen molar-refractivity contribution >= 4 is 22.5 Å². The Labute approximate surface area is 95.1 Å². The Morgan fingerprint density at radius 1 is 1.20 bits per heavy atom. The lowest BCUT2D eigenvalue weighted by molar-refractivity contribution is 0.591. The van der Waals surface area contributed by atoms with Crippen LogP contribution in [0.5, 0.6) is 0 Å². The molecule has 1 heterocycles. The fourth-order valence-electron chi connectivity index (χ4n) is 1.58. The lowest BCUT2D eigenvalue weighted by Gasteiger charge is -2.19. The van der Waals surface area contributed by atoms with Crippen molar-refractivity contribution in [1.29, 1.82) is 0 Å². The summed E-state index contributed by atoms with van der Waals surface area (Å²) >= 11 is 6.21. The molecule has 2 heteroatoms. The lowest BCUT2D eigenvalue weighted by atomic mass is 9.86. The molecule has 1 aromatic heterocycles. The van der Waals surface area contributed by atoms with E-state index in [4.69, 9.17) is 11.6 Å². The number of pyridine rings is 1. The van der Waals surface area contributed by atoms with Crippen LogP contribution in [0.4, 0.5) is 0 Å². The molecule has 0 amide bonds. The van der Waals surface area contributed by atoms with E-state index >= 15 is 0 Å². The molecule has 15 heavy (non-hydrogen) atoms. The molecule has 0 aliphatic heterocycles. The van der Waals surface area contributed by atoms with Gasteiger partial charge in [-0.05, 0) is 29.2 Å². The van der Waals surface area contributed by atoms with Crippen molar-refractivity contribution in [3.63, 3.8) is 0 Å². The van der Waals surface area contributed by atoms with Crippen molar-refractivity contribution in [3.05, 3.63) is 41.0 Å². The minimum Gasteiger partial charge on any atom is -0.255 e. The van der Waals surface area contributed by atoms with Crippen LogP contribution in [0.2, 0.25) is 5.02 Å². The Kier molecular flexibility index (Phi) is 2.43. The number of nitrogens with zero attached hydrogens (tertiary/aromatic N) is 1. The van der Waals surface area contributed by atoms with E-state index < -0.39 is 0 Å². The maximum absolute atomic E-state index is 6.21. The molecule has 0 aliphatic rings. The zero-order valence-electron chi connectivity index (χ0n) is 9.21. The summed E-state index contributed by atoms with van der Waals surface area (Å²) in [5.74, 6) is 0. The smallest absolute Gasteiger partial charge is 0.0888 e. The van der Waals surface area contributed by atoms with Gasteiger partial charge in [-0.1, -0.05) is 38.4 Å². The molecular formula is C13H14ClN. The summed E-state index contributed by atoms with van der Waals surface area (Å²) in [6, 6.07) is 8.15. The van der Waals surface area contributed by atoms with Gasteiger partial charge in [-0.2, -0.15) is 0 Å². The molecule has 0 saturated heterocycles. The van der Waals surface area contributed by atoms with Crippen molar-refractivity contribution in [2.75, 3.05) is 0 Å². The molecule has 2 aromatic rings. The topological polar surface area (TPSA) is 12.9 Å². The first kappa shape index (κ1) is 10.4. The molecular weight excluding hydrogens is 206 g/mol. The molecule has 0 aliphatic carbocycles. The summed E-state index contributed by atoms with van der Waals surface area (Å²) in [4.78, 5) is 4.27. The van der Waals surface area contributed by atoms with E-state index in [1.54, 1.807) is 6.20 Å². The van der Waals surface area contributed by atoms with E-state index in [0.29, 0.717) is 0 Å². The number of rotatable bonds is 0. The summed E-state index contributed by atoms with van der Waals surface area (Å²) in [7, 11) is 0. The van der Waals surface area contributed by atoms with Gasteiger partial charge in [0.15, 0.2) is 0 Å². The van der Waals surface area contributed by atoms with Crippen LogP contribution in [0.15, 0.2) is 30.5 Å². The normalized spacial score (nSPS) is 12.0. The average molecular weight is 220 g/mol. The van der Waals surface area contributed by atoms with E-state index in [9.17, 15) is 0 Å². The largest absolute Gasteiger partial charge is 0.255 e. The Bertz CT molecular complexity index is 497. The van der Waals surface area contributed by atoms with Crippen molar-refractivity contribution < 1.29 is 0 Å². The van der Waals surface area contributed by atoms with Gasteiger partial charge >= 0.3 is 0 Å². The van der Waals surface area contributed by atoms with E-state index in [-0.39, 0.29) is 5.41 Å². The molecule has 1 aromatic carbocycles. The molecule has 0 spiro atoms. The van der Waals surface area contributed by atoms with Crippen LogP contribution in [0.3, 0.4) is 0 Å². The molecule has 0 radical (unpaired) electrons. The van der Waals surface area contributed by atoms with Gasteiger partial charge < -0.3 is 0 Å². The highest BCUT2D eigenvalue weighted by atomic mass is 35.5. The van der Waals surface area contributed by atoms with Gasteiger partial charge in [0.25, 0.3) is 0 Å². The van der Waals surface area contributed by atoms with Crippen LogP contribution in [0.1, 0.15) is 26.3 Å². The first-order valence-electron chi connectivity index (χ1n) is 5.03. The van der Waals surface area contributed by atoms with E-state index in [1.165, 1.54) is 5.56 Å². The van der Waals surface area contributed by atoms with Gasteiger partial charge in [0.05, 0.1) is 10.5 Å². The highest BCUT2D eigenvalue weighted by molar-refractivity contribution is 6.35. The summed E-state index contributed by atoms with van der Waals surface area (Å²) in [6.45, 7) is 6.54. The molecule has 78 valence electrons. The number of hydrogen-bond acceptors (Lipinski definition) is 1. The Balaban J connectivity index is 2.73. The maximum Gasteiger partial charge on any atom is 0.0888 e.